The van der Waals surface area contributed by atoms with Crippen LogP contribution in [0.3, 0.4) is 0 Å². The van der Waals surface area contributed by atoms with Crippen LogP contribution in [0.4, 0.5) is 4.79 Å². The molecule has 0 fully saturated rings. The third-order valence-corrected chi connectivity index (χ3v) is 3.56. The fraction of sp³-hybridized carbons (Fsp3) is 0.312. The highest BCUT2D eigenvalue weighted by molar-refractivity contribution is 7.10. The minimum atomic E-state index is -0.499. The zero-order valence-electron chi connectivity index (χ0n) is 11.9. The smallest absolute Gasteiger partial charge is 0.408 e. The van der Waals surface area contributed by atoms with E-state index >= 15 is 0 Å². The van der Waals surface area contributed by atoms with Gasteiger partial charge >= 0.3 is 6.09 Å². The topological polar surface area (TPSA) is 38.3 Å². The lowest BCUT2D eigenvalue weighted by atomic mass is 10.1. The van der Waals surface area contributed by atoms with E-state index in [1.807, 2.05) is 68.6 Å². The maximum atomic E-state index is 12.0. The van der Waals surface area contributed by atoms with Crippen molar-refractivity contribution in [3.05, 3.63) is 58.3 Å². The largest absolute Gasteiger partial charge is 0.444 e. The van der Waals surface area contributed by atoms with E-state index in [0.717, 1.165) is 10.4 Å². The third-order valence-electron chi connectivity index (χ3n) is 2.62. The Labute approximate surface area is 123 Å². The summed E-state index contributed by atoms with van der Waals surface area (Å²) in [4.78, 5) is 13.1. The fourth-order valence-corrected chi connectivity index (χ4v) is 2.65. The van der Waals surface area contributed by atoms with Crippen molar-refractivity contribution >= 4 is 17.4 Å². The van der Waals surface area contributed by atoms with Crippen molar-refractivity contribution in [2.45, 2.75) is 32.4 Å². The first kappa shape index (κ1) is 14.6. The molecule has 0 saturated carbocycles. The van der Waals surface area contributed by atoms with E-state index in [9.17, 15) is 4.79 Å². The summed E-state index contributed by atoms with van der Waals surface area (Å²) in [6, 6.07) is 13.7. The van der Waals surface area contributed by atoms with Crippen LogP contribution in [0.1, 0.15) is 37.3 Å². The first-order chi connectivity index (χ1) is 9.46. The summed E-state index contributed by atoms with van der Waals surface area (Å²) in [5, 5.41) is 4.94. The van der Waals surface area contributed by atoms with Gasteiger partial charge in [-0.1, -0.05) is 36.4 Å². The number of hydrogen-bond donors (Lipinski definition) is 1. The summed E-state index contributed by atoms with van der Waals surface area (Å²) in [6.07, 6.45) is -0.403. The lowest BCUT2D eigenvalue weighted by Crippen LogP contribution is -2.35. The van der Waals surface area contributed by atoms with Gasteiger partial charge in [0.2, 0.25) is 0 Å². The van der Waals surface area contributed by atoms with Crippen LogP contribution in [0, 0.1) is 0 Å². The Hall–Kier alpha value is -1.81. The molecular formula is C16H19NO2S. The lowest BCUT2D eigenvalue weighted by molar-refractivity contribution is 0.0513. The van der Waals surface area contributed by atoms with Crippen molar-refractivity contribution < 1.29 is 9.53 Å². The van der Waals surface area contributed by atoms with Gasteiger partial charge in [-0.25, -0.2) is 4.79 Å². The van der Waals surface area contributed by atoms with E-state index in [-0.39, 0.29) is 6.04 Å². The Kier molecular flexibility index (Phi) is 4.45. The second-order valence-electron chi connectivity index (χ2n) is 5.51. The van der Waals surface area contributed by atoms with Gasteiger partial charge in [0.25, 0.3) is 0 Å². The van der Waals surface area contributed by atoms with Gasteiger partial charge in [-0.15, -0.1) is 11.3 Å². The molecule has 2 rings (SSSR count). The second kappa shape index (κ2) is 6.09. The molecule has 1 heterocycles. The Morgan fingerprint density at radius 1 is 1.15 bits per heavy atom. The number of alkyl carbamates (subject to hydrolysis) is 1. The van der Waals surface area contributed by atoms with Crippen molar-refractivity contribution in [1.82, 2.24) is 5.32 Å². The minimum absolute atomic E-state index is 0.175. The van der Waals surface area contributed by atoms with Crippen LogP contribution in [0.15, 0.2) is 47.8 Å². The summed E-state index contributed by atoms with van der Waals surface area (Å²) in [7, 11) is 0. The van der Waals surface area contributed by atoms with Crippen LogP contribution in [-0.2, 0) is 4.74 Å². The number of rotatable bonds is 3. The van der Waals surface area contributed by atoms with Gasteiger partial charge in [0.15, 0.2) is 0 Å². The van der Waals surface area contributed by atoms with Crippen LogP contribution in [0.25, 0.3) is 0 Å². The fourth-order valence-electron chi connectivity index (χ4n) is 1.85. The quantitative estimate of drug-likeness (QED) is 0.911. The Morgan fingerprint density at radius 2 is 1.85 bits per heavy atom. The molecule has 0 bridgehead atoms. The van der Waals surface area contributed by atoms with E-state index in [2.05, 4.69) is 5.32 Å². The van der Waals surface area contributed by atoms with Crippen LogP contribution in [-0.4, -0.2) is 11.7 Å². The monoisotopic (exact) mass is 289 g/mol. The maximum Gasteiger partial charge on any atom is 0.408 e. The predicted octanol–water partition coefficient (Wildman–Crippen LogP) is 4.36. The van der Waals surface area contributed by atoms with Crippen LogP contribution in [0.2, 0.25) is 0 Å². The molecule has 0 aliphatic carbocycles. The summed E-state index contributed by atoms with van der Waals surface area (Å²) >= 11 is 1.62. The van der Waals surface area contributed by atoms with Gasteiger partial charge in [0.05, 0.1) is 6.04 Å². The summed E-state index contributed by atoms with van der Waals surface area (Å²) < 4.78 is 5.34. The van der Waals surface area contributed by atoms with E-state index < -0.39 is 11.7 Å². The SMILES string of the molecule is CC(C)(C)OC(=O)N[C@H](c1ccccc1)c1cccs1. The summed E-state index contributed by atoms with van der Waals surface area (Å²) in [6.45, 7) is 5.57. The molecule has 106 valence electrons. The van der Waals surface area contributed by atoms with Gasteiger partial charge in [-0.05, 0) is 37.8 Å². The number of carbonyl (C=O) groups is 1. The van der Waals surface area contributed by atoms with E-state index in [4.69, 9.17) is 4.74 Å². The minimum Gasteiger partial charge on any atom is -0.444 e. The molecule has 0 spiro atoms. The predicted molar refractivity (Wildman–Crippen MR) is 82.0 cm³/mol. The van der Waals surface area contributed by atoms with Crippen molar-refractivity contribution in [1.29, 1.82) is 0 Å². The summed E-state index contributed by atoms with van der Waals surface area (Å²) in [5.74, 6) is 0. The number of nitrogens with one attached hydrogen (secondary N) is 1. The van der Waals surface area contributed by atoms with E-state index in [0.29, 0.717) is 0 Å². The van der Waals surface area contributed by atoms with Gasteiger partial charge in [-0.3, -0.25) is 0 Å². The van der Waals surface area contributed by atoms with Crippen LogP contribution < -0.4 is 5.32 Å². The van der Waals surface area contributed by atoms with Crippen molar-refractivity contribution in [2.75, 3.05) is 0 Å². The Bertz CT molecular complexity index is 544. The van der Waals surface area contributed by atoms with Crippen molar-refractivity contribution in [3.8, 4) is 0 Å². The molecule has 0 saturated heterocycles. The highest BCUT2D eigenvalue weighted by Crippen LogP contribution is 2.26. The molecule has 2 aromatic rings. The molecule has 0 aliphatic heterocycles. The molecule has 0 unspecified atom stereocenters. The number of thiophene rings is 1. The molecule has 1 atom stereocenters. The Morgan fingerprint density at radius 3 is 2.40 bits per heavy atom. The first-order valence-corrected chi connectivity index (χ1v) is 7.41. The van der Waals surface area contributed by atoms with Gasteiger partial charge in [0, 0.05) is 4.88 Å². The molecule has 20 heavy (non-hydrogen) atoms. The molecule has 1 aromatic heterocycles. The molecule has 0 aliphatic rings. The standard InChI is InChI=1S/C16H19NO2S/c1-16(2,3)19-15(18)17-14(13-10-7-11-20-13)12-8-5-4-6-9-12/h4-11,14H,1-3H3,(H,17,18)/t14-/m1/s1. The van der Waals surface area contributed by atoms with Gasteiger partial charge in [0.1, 0.15) is 5.60 Å². The lowest BCUT2D eigenvalue weighted by Gasteiger charge is -2.23. The molecule has 1 amide bonds. The van der Waals surface area contributed by atoms with Crippen LogP contribution >= 0.6 is 11.3 Å². The normalized spacial score (nSPS) is 12.8. The number of amides is 1. The third kappa shape index (κ3) is 4.10. The van der Waals surface area contributed by atoms with E-state index in [1.54, 1.807) is 11.3 Å². The number of hydrogen-bond acceptors (Lipinski definition) is 3. The first-order valence-electron chi connectivity index (χ1n) is 6.53. The molecule has 1 N–H and O–H groups in total. The highest BCUT2D eigenvalue weighted by atomic mass is 32.1. The maximum absolute atomic E-state index is 12.0. The number of benzene rings is 1. The number of carbonyl (C=O) groups excluding carboxylic acids is 1. The zero-order valence-corrected chi connectivity index (χ0v) is 12.7. The second-order valence-corrected chi connectivity index (χ2v) is 6.48. The molecule has 3 nitrogen and oxygen atoms in total. The molecule has 1 aromatic carbocycles. The van der Waals surface area contributed by atoms with Crippen LogP contribution in [0.5, 0.6) is 0 Å². The average molecular weight is 289 g/mol. The molecule has 0 radical (unpaired) electrons. The van der Waals surface area contributed by atoms with Crippen molar-refractivity contribution in [3.63, 3.8) is 0 Å². The van der Waals surface area contributed by atoms with E-state index in [1.165, 1.54) is 0 Å². The summed E-state index contributed by atoms with van der Waals surface area (Å²) in [5.41, 5.74) is 0.543. The van der Waals surface area contributed by atoms with Crippen molar-refractivity contribution in [2.24, 2.45) is 0 Å². The highest BCUT2D eigenvalue weighted by Gasteiger charge is 2.22. The van der Waals surface area contributed by atoms with Gasteiger partial charge < -0.3 is 10.1 Å². The average Bonchev–Trinajstić information content (AvgIpc) is 2.88. The Balaban J connectivity index is 2.19. The zero-order chi connectivity index (χ0) is 14.6. The van der Waals surface area contributed by atoms with Gasteiger partial charge in [-0.2, -0.15) is 0 Å². The number of ether oxygens (including phenoxy) is 1. The molecular weight excluding hydrogens is 270 g/mol. The molecule has 4 heteroatoms.